The molecule has 0 radical (unpaired) electrons. The van der Waals surface area contributed by atoms with E-state index >= 15 is 0 Å². The molecule has 40 heavy (non-hydrogen) atoms. The number of nitriles is 1. The minimum Gasteiger partial charge on any atom is -0.389 e. The number of thiophene rings is 1. The van der Waals surface area contributed by atoms with Gasteiger partial charge in [0.1, 0.15) is 22.6 Å². The number of anilines is 3. The van der Waals surface area contributed by atoms with E-state index in [1.807, 2.05) is 13.0 Å². The first-order chi connectivity index (χ1) is 19.0. The first-order valence-electron chi connectivity index (χ1n) is 14.2. The molecule has 1 unspecified atom stereocenters. The molecule has 0 spiro atoms. The lowest BCUT2D eigenvalue weighted by Gasteiger charge is -2.42. The summed E-state index contributed by atoms with van der Waals surface area (Å²) >= 11 is 1.40. The van der Waals surface area contributed by atoms with Gasteiger partial charge in [0.2, 0.25) is 0 Å². The summed E-state index contributed by atoms with van der Waals surface area (Å²) in [4.78, 5) is 31.3. The van der Waals surface area contributed by atoms with Crippen LogP contribution in [0.1, 0.15) is 62.2 Å². The highest BCUT2D eigenvalue weighted by Gasteiger charge is 2.43. The van der Waals surface area contributed by atoms with Gasteiger partial charge < -0.3 is 26.6 Å². The molecule has 11 heteroatoms. The topological polar surface area (TPSA) is 140 Å². The third-order valence-electron chi connectivity index (χ3n) is 8.54. The Hall–Kier alpha value is -3.20. The third-order valence-corrected chi connectivity index (χ3v) is 9.62. The number of amidine groups is 1. The molecular formula is C29H41N9OS. The van der Waals surface area contributed by atoms with E-state index in [1.165, 1.54) is 11.3 Å². The van der Waals surface area contributed by atoms with Gasteiger partial charge in [-0.2, -0.15) is 10.3 Å². The largest absolute Gasteiger partial charge is 0.389 e. The van der Waals surface area contributed by atoms with Crippen molar-refractivity contribution in [3.63, 3.8) is 0 Å². The van der Waals surface area contributed by atoms with E-state index in [4.69, 9.17) is 16.5 Å². The van der Waals surface area contributed by atoms with Crippen LogP contribution in [0.4, 0.5) is 16.5 Å². The van der Waals surface area contributed by atoms with Crippen LogP contribution in [0, 0.1) is 11.3 Å². The molecule has 4 heterocycles. The van der Waals surface area contributed by atoms with Crippen LogP contribution in [0.5, 0.6) is 0 Å². The zero-order valence-corrected chi connectivity index (χ0v) is 24.9. The number of amides is 1. The molecule has 1 atom stereocenters. The zero-order chi connectivity index (χ0) is 28.7. The van der Waals surface area contributed by atoms with Crippen LogP contribution in [0.3, 0.4) is 0 Å². The summed E-state index contributed by atoms with van der Waals surface area (Å²) in [5.74, 6) is 0.607. The predicted molar refractivity (Wildman–Crippen MR) is 162 cm³/mol. The number of nitrogens with two attached hydrogens (primary N) is 2. The highest BCUT2D eigenvalue weighted by Crippen LogP contribution is 2.46. The van der Waals surface area contributed by atoms with Crippen molar-refractivity contribution in [3.05, 3.63) is 33.8 Å². The maximum absolute atomic E-state index is 13.8. The number of nitrogens with zero attached hydrogens (tertiary/aromatic N) is 6. The Bertz CT molecular complexity index is 1340. The molecule has 0 bridgehead atoms. The van der Waals surface area contributed by atoms with E-state index in [0.717, 1.165) is 87.1 Å². The van der Waals surface area contributed by atoms with Crippen LogP contribution < -0.4 is 26.6 Å². The lowest BCUT2D eigenvalue weighted by molar-refractivity contribution is -0.123. The third kappa shape index (κ3) is 5.40. The van der Waals surface area contributed by atoms with Crippen LogP contribution in [0.25, 0.3) is 0 Å². The number of nitrogens with one attached hydrogen (secondary N) is 1. The summed E-state index contributed by atoms with van der Waals surface area (Å²) in [7, 11) is 0. The molecular weight excluding hydrogens is 522 g/mol. The van der Waals surface area contributed by atoms with Gasteiger partial charge in [-0.3, -0.25) is 9.69 Å². The number of carbonyl (C=O) groups excluding carboxylic acids is 1. The maximum Gasteiger partial charge on any atom is 0.258 e. The number of piperazine rings is 2. The number of carbonyl (C=O) groups is 1. The summed E-state index contributed by atoms with van der Waals surface area (Å²) in [5, 5.41) is 13.7. The molecule has 0 aromatic carbocycles. The van der Waals surface area contributed by atoms with Crippen molar-refractivity contribution >= 4 is 39.6 Å². The minimum atomic E-state index is -0.945. The first-order valence-corrected chi connectivity index (χ1v) is 15.0. The van der Waals surface area contributed by atoms with Crippen molar-refractivity contribution in [1.82, 2.24) is 15.2 Å². The summed E-state index contributed by atoms with van der Waals surface area (Å²) in [6, 6.07) is 6.31. The van der Waals surface area contributed by atoms with Crippen LogP contribution in [-0.4, -0.2) is 79.5 Å². The van der Waals surface area contributed by atoms with Gasteiger partial charge >= 0.3 is 0 Å². The summed E-state index contributed by atoms with van der Waals surface area (Å²) in [6.07, 6.45) is 2.24. The van der Waals surface area contributed by atoms with Gasteiger partial charge in [-0.05, 0) is 53.0 Å². The fraction of sp³-hybridized carbons (Fsp3) is 0.586. The van der Waals surface area contributed by atoms with Crippen molar-refractivity contribution in [3.8, 4) is 6.07 Å². The predicted octanol–water partition coefficient (Wildman–Crippen LogP) is 2.45. The molecule has 2 aromatic heterocycles. The number of aromatic nitrogens is 1. The van der Waals surface area contributed by atoms with Gasteiger partial charge in [-0.1, -0.05) is 0 Å². The SMILES string of the molecule is CC1(C(=O)N=C(N)c2cc(N3CCNCC3)cc(N3CCN(C(C)(C)C)CC3)n2)CCCc2sc(N)c(C#N)c21. The van der Waals surface area contributed by atoms with Crippen LogP contribution >= 0.6 is 11.3 Å². The molecule has 214 valence electrons. The van der Waals surface area contributed by atoms with Gasteiger partial charge in [0.05, 0.1) is 11.0 Å². The number of hydrogen-bond donors (Lipinski definition) is 3. The number of hydrogen-bond acceptors (Lipinski definition) is 9. The second kappa shape index (κ2) is 11.0. The van der Waals surface area contributed by atoms with E-state index in [0.29, 0.717) is 22.7 Å². The Morgan fingerprint density at radius 2 is 1.85 bits per heavy atom. The van der Waals surface area contributed by atoms with Gasteiger partial charge in [-0.15, -0.1) is 11.3 Å². The van der Waals surface area contributed by atoms with Crippen LogP contribution in [0.2, 0.25) is 0 Å². The van der Waals surface area contributed by atoms with Crippen molar-refractivity contribution in [1.29, 1.82) is 5.26 Å². The smallest absolute Gasteiger partial charge is 0.258 e. The fourth-order valence-electron chi connectivity index (χ4n) is 6.11. The van der Waals surface area contributed by atoms with Gasteiger partial charge in [0.25, 0.3) is 5.91 Å². The Labute approximate surface area is 241 Å². The number of aryl methyl sites for hydroxylation is 1. The standard InChI is InChI=1S/C29H41N9OS/c1-28(2,3)38-14-12-37(13-15-38)23-17-19(36-10-8-33-9-11-36)16-21(34-23)25(31)35-27(39)29(4)7-5-6-22-24(29)20(18-30)26(32)40-22/h16-17,33H,5-15,32H2,1-4H3,(H2,31,35,39). The second-order valence-electron chi connectivity index (χ2n) is 12.2. The number of fused-ring (bicyclic) bond motifs is 1. The van der Waals surface area contributed by atoms with Crippen molar-refractivity contribution in [2.24, 2.45) is 10.7 Å². The Morgan fingerprint density at radius 3 is 2.50 bits per heavy atom. The molecule has 3 aliphatic rings. The number of nitrogen functional groups attached to an aromatic ring is 1. The summed E-state index contributed by atoms with van der Waals surface area (Å²) in [5.41, 5.74) is 14.6. The molecule has 2 saturated heterocycles. The van der Waals surface area contributed by atoms with Crippen molar-refractivity contribution < 1.29 is 4.79 Å². The highest BCUT2D eigenvalue weighted by atomic mass is 32.1. The van der Waals surface area contributed by atoms with Gasteiger partial charge in [0.15, 0.2) is 5.84 Å². The molecule has 1 aliphatic carbocycles. The van der Waals surface area contributed by atoms with Crippen molar-refractivity contribution in [2.45, 2.75) is 57.9 Å². The van der Waals surface area contributed by atoms with E-state index in [9.17, 15) is 10.1 Å². The summed E-state index contributed by atoms with van der Waals surface area (Å²) in [6.45, 7) is 15.8. The van der Waals surface area contributed by atoms with E-state index in [2.05, 4.69) is 57.9 Å². The fourth-order valence-corrected chi connectivity index (χ4v) is 7.30. The van der Waals surface area contributed by atoms with E-state index in [-0.39, 0.29) is 17.3 Å². The molecule has 1 amide bonds. The normalized spacial score (nSPS) is 22.6. The Balaban J connectivity index is 1.48. The van der Waals surface area contributed by atoms with Crippen LogP contribution in [0.15, 0.2) is 17.1 Å². The average Bonchev–Trinajstić information content (AvgIpc) is 3.29. The molecule has 2 aliphatic heterocycles. The quantitative estimate of drug-likeness (QED) is 0.378. The highest BCUT2D eigenvalue weighted by molar-refractivity contribution is 7.16. The number of aliphatic imine (C=N–C) groups is 1. The van der Waals surface area contributed by atoms with Crippen molar-refractivity contribution in [2.75, 3.05) is 67.9 Å². The Morgan fingerprint density at radius 1 is 1.15 bits per heavy atom. The van der Waals surface area contributed by atoms with Gasteiger partial charge in [0, 0.05) is 80.1 Å². The van der Waals surface area contributed by atoms with Gasteiger partial charge in [-0.25, -0.2) is 4.98 Å². The van der Waals surface area contributed by atoms with E-state index in [1.54, 1.807) is 0 Å². The zero-order valence-electron chi connectivity index (χ0n) is 24.1. The molecule has 5 rings (SSSR count). The molecule has 5 N–H and O–H groups in total. The average molecular weight is 564 g/mol. The molecule has 10 nitrogen and oxygen atoms in total. The van der Waals surface area contributed by atoms with E-state index < -0.39 is 5.41 Å². The summed E-state index contributed by atoms with van der Waals surface area (Å²) < 4.78 is 0. The number of pyridine rings is 1. The monoisotopic (exact) mass is 563 g/mol. The molecule has 2 fully saturated rings. The first kappa shape index (κ1) is 28.3. The number of rotatable bonds is 4. The second-order valence-corrected chi connectivity index (χ2v) is 13.3. The lowest BCUT2D eigenvalue weighted by atomic mass is 9.72. The molecule has 0 saturated carbocycles. The van der Waals surface area contributed by atoms with Crippen LogP contribution in [-0.2, 0) is 16.6 Å². The minimum absolute atomic E-state index is 0.103. The maximum atomic E-state index is 13.8. The lowest BCUT2D eigenvalue weighted by Crippen LogP contribution is -2.53. The Kier molecular flexibility index (Phi) is 7.79. The molecule has 2 aromatic rings.